The summed E-state index contributed by atoms with van der Waals surface area (Å²) in [5.74, 6) is 4.18. The van der Waals surface area contributed by atoms with Gasteiger partial charge in [-0.15, -0.1) is 6.42 Å². The first kappa shape index (κ1) is 20.6. The van der Waals surface area contributed by atoms with Crippen LogP contribution in [0.3, 0.4) is 0 Å². The average molecular weight is 415 g/mol. The fourth-order valence-corrected chi connectivity index (χ4v) is 3.60. The molecule has 3 aromatic rings. The number of anilines is 2. The highest BCUT2D eigenvalue weighted by molar-refractivity contribution is 5.94. The number of nitrogens with zero attached hydrogens (tertiary/aromatic N) is 2. The first-order chi connectivity index (χ1) is 15.2. The van der Waals surface area contributed by atoms with Crippen molar-refractivity contribution in [2.75, 3.05) is 32.1 Å². The number of carbonyl (C=O) groups is 1. The number of ether oxygens (including phenoxy) is 1. The van der Waals surface area contributed by atoms with E-state index >= 15 is 0 Å². The number of aromatic nitrogens is 2. The number of hydrogen-bond acceptors (Lipinski definition) is 6. The zero-order valence-electron chi connectivity index (χ0n) is 17.4. The molecule has 1 saturated heterocycles. The van der Waals surface area contributed by atoms with E-state index in [0.29, 0.717) is 35.3 Å². The number of nitrogens with one attached hydrogen (secondary N) is 3. The predicted molar refractivity (Wildman–Crippen MR) is 122 cm³/mol. The van der Waals surface area contributed by atoms with Gasteiger partial charge in [0.05, 0.1) is 17.7 Å². The molecule has 7 heteroatoms. The van der Waals surface area contributed by atoms with Crippen molar-refractivity contribution in [3.8, 4) is 18.1 Å². The van der Waals surface area contributed by atoms with Gasteiger partial charge in [-0.1, -0.05) is 5.92 Å². The number of carbonyl (C=O) groups excluding carboxylic acids is 1. The molecule has 4 rings (SSSR count). The lowest BCUT2D eigenvalue weighted by Crippen LogP contribution is -2.33. The molecule has 1 unspecified atom stereocenters. The van der Waals surface area contributed by atoms with Crippen LogP contribution in [-0.2, 0) is 0 Å². The number of hydrogen-bond donors (Lipinski definition) is 3. The Labute approximate surface area is 181 Å². The standard InChI is InChI=1S/C24H25N5O2/c1-3-17-11-19-14-27-24(28-20-8-6-18(7-9-20)23(30)25-2)29-21(19)12-22(17)31-15-16-5-4-10-26-13-16/h1,6-9,11-12,14,16,26H,4-5,10,13,15H2,2H3,(H,25,30)(H,27,28,29). The first-order valence-corrected chi connectivity index (χ1v) is 10.4. The van der Waals surface area contributed by atoms with E-state index in [1.54, 1.807) is 25.4 Å². The molecule has 0 radical (unpaired) electrons. The molecule has 0 bridgehead atoms. The number of fused-ring (bicyclic) bond motifs is 1. The number of rotatable bonds is 6. The topological polar surface area (TPSA) is 88.2 Å². The van der Waals surface area contributed by atoms with Crippen molar-refractivity contribution in [1.82, 2.24) is 20.6 Å². The summed E-state index contributed by atoms with van der Waals surface area (Å²) in [5.41, 5.74) is 2.82. The largest absolute Gasteiger partial charge is 0.492 e. The molecule has 0 saturated carbocycles. The van der Waals surface area contributed by atoms with E-state index in [1.807, 2.05) is 24.3 Å². The van der Waals surface area contributed by atoms with Crippen LogP contribution in [0, 0.1) is 18.3 Å². The van der Waals surface area contributed by atoms with E-state index in [9.17, 15) is 4.79 Å². The second kappa shape index (κ2) is 9.45. The van der Waals surface area contributed by atoms with Crippen molar-refractivity contribution in [2.24, 2.45) is 5.92 Å². The summed E-state index contributed by atoms with van der Waals surface area (Å²) in [7, 11) is 1.60. The second-order valence-electron chi connectivity index (χ2n) is 7.55. The van der Waals surface area contributed by atoms with E-state index in [-0.39, 0.29) is 5.91 Å². The Morgan fingerprint density at radius 2 is 2.16 bits per heavy atom. The maximum Gasteiger partial charge on any atom is 0.251 e. The smallest absolute Gasteiger partial charge is 0.251 e. The van der Waals surface area contributed by atoms with E-state index in [2.05, 4.69) is 31.8 Å². The summed E-state index contributed by atoms with van der Waals surface area (Å²) in [6, 6.07) is 10.9. The summed E-state index contributed by atoms with van der Waals surface area (Å²) in [6.45, 7) is 2.66. The quantitative estimate of drug-likeness (QED) is 0.536. The molecular weight excluding hydrogens is 390 g/mol. The van der Waals surface area contributed by atoms with Gasteiger partial charge in [0, 0.05) is 48.4 Å². The van der Waals surface area contributed by atoms with E-state index in [4.69, 9.17) is 11.2 Å². The monoisotopic (exact) mass is 415 g/mol. The Hall–Kier alpha value is -3.63. The molecule has 0 aliphatic carbocycles. The molecule has 1 atom stereocenters. The lowest BCUT2D eigenvalue weighted by molar-refractivity contribution is 0.0963. The Morgan fingerprint density at radius 3 is 2.87 bits per heavy atom. The Balaban J connectivity index is 1.53. The molecule has 158 valence electrons. The lowest BCUT2D eigenvalue weighted by Gasteiger charge is -2.23. The predicted octanol–water partition coefficient (Wildman–Crippen LogP) is 3.09. The van der Waals surface area contributed by atoms with Gasteiger partial charge in [0.15, 0.2) is 0 Å². The highest BCUT2D eigenvalue weighted by Crippen LogP contribution is 2.26. The minimum Gasteiger partial charge on any atom is -0.492 e. The zero-order chi connectivity index (χ0) is 21.6. The molecule has 1 aliphatic rings. The van der Waals surface area contributed by atoms with Gasteiger partial charge in [0.25, 0.3) is 5.91 Å². The molecule has 2 heterocycles. The van der Waals surface area contributed by atoms with Crippen molar-refractivity contribution >= 4 is 28.4 Å². The number of terminal acetylenes is 1. The lowest BCUT2D eigenvalue weighted by atomic mass is 10.0. The third-order valence-electron chi connectivity index (χ3n) is 5.34. The van der Waals surface area contributed by atoms with Gasteiger partial charge in [-0.2, -0.15) is 0 Å². The number of benzene rings is 2. The van der Waals surface area contributed by atoms with Crippen LogP contribution in [0.15, 0.2) is 42.6 Å². The SMILES string of the molecule is C#Cc1cc2cnc(Nc3ccc(C(=O)NC)cc3)nc2cc1OCC1CCCNC1. The Kier molecular flexibility index (Phi) is 6.29. The van der Waals surface area contributed by atoms with Crippen LogP contribution in [0.4, 0.5) is 11.6 Å². The minimum absolute atomic E-state index is 0.130. The highest BCUT2D eigenvalue weighted by Gasteiger charge is 2.15. The number of amides is 1. The van der Waals surface area contributed by atoms with Crippen molar-refractivity contribution < 1.29 is 9.53 Å². The molecule has 1 aromatic heterocycles. The van der Waals surface area contributed by atoms with Crippen LogP contribution in [0.5, 0.6) is 5.75 Å². The van der Waals surface area contributed by atoms with Gasteiger partial charge in [0.2, 0.25) is 5.95 Å². The highest BCUT2D eigenvalue weighted by atomic mass is 16.5. The summed E-state index contributed by atoms with van der Waals surface area (Å²) in [4.78, 5) is 20.7. The normalized spacial score (nSPS) is 15.8. The van der Waals surface area contributed by atoms with Crippen molar-refractivity contribution in [3.63, 3.8) is 0 Å². The molecular formula is C24H25N5O2. The number of piperidine rings is 1. The van der Waals surface area contributed by atoms with Crippen molar-refractivity contribution in [1.29, 1.82) is 0 Å². The molecule has 7 nitrogen and oxygen atoms in total. The maximum atomic E-state index is 11.7. The van der Waals surface area contributed by atoms with Gasteiger partial charge in [-0.3, -0.25) is 4.79 Å². The minimum atomic E-state index is -0.130. The van der Waals surface area contributed by atoms with E-state index in [0.717, 1.165) is 36.1 Å². The Morgan fingerprint density at radius 1 is 1.32 bits per heavy atom. The van der Waals surface area contributed by atoms with Crippen molar-refractivity contribution in [2.45, 2.75) is 12.8 Å². The van der Waals surface area contributed by atoms with E-state index in [1.165, 1.54) is 6.42 Å². The van der Waals surface area contributed by atoms with Gasteiger partial charge < -0.3 is 20.7 Å². The molecule has 1 amide bonds. The fourth-order valence-electron chi connectivity index (χ4n) is 3.60. The molecule has 1 aliphatic heterocycles. The molecule has 31 heavy (non-hydrogen) atoms. The summed E-state index contributed by atoms with van der Waals surface area (Å²) < 4.78 is 6.08. The van der Waals surface area contributed by atoms with Crippen LogP contribution < -0.4 is 20.7 Å². The maximum absolute atomic E-state index is 11.7. The zero-order valence-corrected chi connectivity index (χ0v) is 17.4. The summed E-state index contributed by atoms with van der Waals surface area (Å²) in [6.07, 6.45) is 9.76. The van der Waals surface area contributed by atoms with Crippen LogP contribution >= 0.6 is 0 Å². The average Bonchev–Trinajstić information content (AvgIpc) is 2.82. The second-order valence-corrected chi connectivity index (χ2v) is 7.55. The van der Waals surface area contributed by atoms with Crippen molar-refractivity contribution in [3.05, 3.63) is 53.7 Å². The third-order valence-corrected chi connectivity index (χ3v) is 5.34. The van der Waals surface area contributed by atoms with E-state index < -0.39 is 0 Å². The molecule has 3 N–H and O–H groups in total. The van der Waals surface area contributed by atoms with Crippen LogP contribution in [0.25, 0.3) is 10.9 Å². The fraction of sp³-hybridized carbons (Fsp3) is 0.292. The van der Waals surface area contributed by atoms with Gasteiger partial charge >= 0.3 is 0 Å². The summed E-state index contributed by atoms with van der Waals surface area (Å²) in [5, 5.41) is 10.0. The third kappa shape index (κ3) is 4.93. The first-order valence-electron chi connectivity index (χ1n) is 10.4. The molecule has 0 spiro atoms. The van der Waals surface area contributed by atoms with Crippen LogP contribution in [-0.4, -0.2) is 42.6 Å². The van der Waals surface area contributed by atoms with Gasteiger partial charge in [-0.05, 0) is 49.7 Å². The molecule has 2 aromatic carbocycles. The van der Waals surface area contributed by atoms with Gasteiger partial charge in [0.1, 0.15) is 5.75 Å². The molecule has 1 fully saturated rings. The van der Waals surface area contributed by atoms with Gasteiger partial charge in [-0.25, -0.2) is 9.97 Å². The summed E-state index contributed by atoms with van der Waals surface area (Å²) >= 11 is 0. The van der Waals surface area contributed by atoms with Crippen LogP contribution in [0.1, 0.15) is 28.8 Å². The van der Waals surface area contributed by atoms with Crippen LogP contribution in [0.2, 0.25) is 0 Å². The Bertz CT molecular complexity index is 1120.